The summed E-state index contributed by atoms with van der Waals surface area (Å²) in [5.41, 5.74) is 0.920. The molecule has 6 heteroatoms. The lowest BCUT2D eigenvalue weighted by molar-refractivity contribution is 0.152. The third kappa shape index (κ3) is 3.00. The molecule has 0 unspecified atom stereocenters. The number of aromatic nitrogens is 2. The molecule has 1 aromatic heterocycles. The molecule has 0 atom stereocenters. The van der Waals surface area contributed by atoms with Crippen LogP contribution in [0.4, 0.5) is 14.6 Å². The van der Waals surface area contributed by atoms with Crippen molar-refractivity contribution >= 4 is 5.82 Å². The lowest BCUT2D eigenvalue weighted by Crippen LogP contribution is -2.43. The van der Waals surface area contributed by atoms with E-state index in [1.54, 1.807) is 24.4 Å². The number of anilines is 1. The molecule has 1 aliphatic heterocycles. The van der Waals surface area contributed by atoms with Crippen molar-refractivity contribution in [3.05, 3.63) is 42.2 Å². The van der Waals surface area contributed by atoms with Crippen LogP contribution in [-0.4, -0.2) is 36.1 Å². The molecule has 0 spiro atoms. The van der Waals surface area contributed by atoms with Crippen LogP contribution in [0, 0.1) is 0 Å². The number of benzene rings is 1. The summed E-state index contributed by atoms with van der Waals surface area (Å²) < 4.78 is 26.2. The summed E-state index contributed by atoms with van der Waals surface area (Å²) in [6.45, 7) is 3.46. The average molecular weight is 290 g/mol. The Morgan fingerprint density at radius 1 is 1.10 bits per heavy atom. The van der Waals surface area contributed by atoms with Gasteiger partial charge in [-0.25, -0.2) is 13.8 Å². The van der Waals surface area contributed by atoms with Crippen molar-refractivity contribution < 1.29 is 8.78 Å². The second kappa shape index (κ2) is 6.13. The van der Waals surface area contributed by atoms with E-state index in [1.807, 2.05) is 0 Å². The van der Waals surface area contributed by atoms with Gasteiger partial charge in [-0.2, -0.15) is 0 Å². The molecule has 1 saturated heterocycles. The van der Waals surface area contributed by atoms with E-state index in [-0.39, 0.29) is 5.56 Å². The van der Waals surface area contributed by atoms with Crippen LogP contribution < -0.4 is 10.2 Å². The normalized spacial score (nSPS) is 15.5. The fourth-order valence-electron chi connectivity index (χ4n) is 2.45. The Balaban J connectivity index is 1.96. The Kier molecular flexibility index (Phi) is 4.06. The van der Waals surface area contributed by atoms with Crippen molar-refractivity contribution in [3.63, 3.8) is 0 Å². The van der Waals surface area contributed by atoms with Gasteiger partial charge >= 0.3 is 0 Å². The predicted molar refractivity (Wildman–Crippen MR) is 77.5 cm³/mol. The lowest BCUT2D eigenvalue weighted by atomic mass is 10.1. The molecule has 2 heterocycles. The van der Waals surface area contributed by atoms with Gasteiger partial charge in [0.05, 0.1) is 18.1 Å². The van der Waals surface area contributed by atoms with Gasteiger partial charge in [0, 0.05) is 37.3 Å². The van der Waals surface area contributed by atoms with Crippen molar-refractivity contribution in [2.24, 2.45) is 0 Å². The van der Waals surface area contributed by atoms with Crippen LogP contribution in [0.25, 0.3) is 11.3 Å². The first-order valence-electron chi connectivity index (χ1n) is 6.91. The molecule has 1 aromatic carbocycles. The molecule has 0 aliphatic carbocycles. The SMILES string of the molecule is FC(F)c1ccccc1-c1cncc(N2CCNCC2)n1. The summed E-state index contributed by atoms with van der Waals surface area (Å²) in [5, 5.41) is 3.27. The number of alkyl halides is 2. The first-order valence-corrected chi connectivity index (χ1v) is 6.91. The highest BCUT2D eigenvalue weighted by Gasteiger charge is 2.17. The first kappa shape index (κ1) is 13.9. The number of piperazine rings is 1. The maximum atomic E-state index is 13.1. The minimum absolute atomic E-state index is 0.00994. The second-order valence-electron chi connectivity index (χ2n) is 4.89. The standard InChI is InChI=1S/C15H16F2N4/c16-15(17)12-4-2-1-3-11(12)13-9-19-10-14(20-13)21-7-5-18-6-8-21/h1-4,9-10,15,18H,5-8H2. The van der Waals surface area contributed by atoms with Gasteiger partial charge in [-0.05, 0) is 0 Å². The highest BCUT2D eigenvalue weighted by molar-refractivity contribution is 5.64. The van der Waals surface area contributed by atoms with Gasteiger partial charge < -0.3 is 10.2 Å². The van der Waals surface area contributed by atoms with E-state index >= 15 is 0 Å². The van der Waals surface area contributed by atoms with E-state index in [2.05, 4.69) is 20.2 Å². The van der Waals surface area contributed by atoms with Gasteiger partial charge in [-0.3, -0.25) is 4.98 Å². The minimum Gasteiger partial charge on any atom is -0.353 e. The van der Waals surface area contributed by atoms with E-state index in [0.29, 0.717) is 11.3 Å². The molecule has 3 rings (SSSR count). The molecule has 110 valence electrons. The summed E-state index contributed by atoms with van der Waals surface area (Å²) in [7, 11) is 0. The third-order valence-corrected chi connectivity index (χ3v) is 3.53. The number of halogens is 2. The number of hydrogen-bond donors (Lipinski definition) is 1. The fraction of sp³-hybridized carbons (Fsp3) is 0.333. The molecule has 0 amide bonds. The molecular weight excluding hydrogens is 274 g/mol. The molecule has 1 N–H and O–H groups in total. The van der Waals surface area contributed by atoms with Crippen LogP contribution in [0.5, 0.6) is 0 Å². The molecule has 1 aliphatic rings. The summed E-state index contributed by atoms with van der Waals surface area (Å²) in [6, 6.07) is 6.44. The minimum atomic E-state index is -2.52. The van der Waals surface area contributed by atoms with Gasteiger partial charge in [0.15, 0.2) is 0 Å². The van der Waals surface area contributed by atoms with E-state index in [0.717, 1.165) is 32.0 Å². The maximum absolute atomic E-state index is 13.1. The molecule has 0 radical (unpaired) electrons. The van der Waals surface area contributed by atoms with Crippen molar-refractivity contribution in [1.82, 2.24) is 15.3 Å². The summed E-state index contributed by atoms with van der Waals surface area (Å²) in [6.07, 6.45) is 0.693. The van der Waals surface area contributed by atoms with Crippen molar-refractivity contribution in [1.29, 1.82) is 0 Å². The highest BCUT2D eigenvalue weighted by Crippen LogP contribution is 2.30. The van der Waals surface area contributed by atoms with E-state index in [1.165, 1.54) is 12.3 Å². The van der Waals surface area contributed by atoms with Gasteiger partial charge in [0.2, 0.25) is 0 Å². The van der Waals surface area contributed by atoms with Crippen molar-refractivity contribution in [3.8, 4) is 11.3 Å². The summed E-state index contributed by atoms with van der Waals surface area (Å²) in [5.74, 6) is 0.734. The second-order valence-corrected chi connectivity index (χ2v) is 4.89. The smallest absolute Gasteiger partial charge is 0.264 e. The van der Waals surface area contributed by atoms with E-state index < -0.39 is 6.43 Å². The highest BCUT2D eigenvalue weighted by atomic mass is 19.3. The molecule has 1 fully saturated rings. The number of rotatable bonds is 3. The quantitative estimate of drug-likeness (QED) is 0.943. The number of nitrogens with one attached hydrogen (secondary N) is 1. The van der Waals surface area contributed by atoms with Crippen LogP contribution in [0.1, 0.15) is 12.0 Å². The molecule has 4 nitrogen and oxygen atoms in total. The van der Waals surface area contributed by atoms with Crippen molar-refractivity contribution in [2.75, 3.05) is 31.1 Å². The molecule has 0 bridgehead atoms. The number of nitrogens with zero attached hydrogens (tertiary/aromatic N) is 3. The van der Waals surface area contributed by atoms with Crippen LogP contribution in [0.3, 0.4) is 0 Å². The zero-order valence-electron chi connectivity index (χ0n) is 11.5. The van der Waals surface area contributed by atoms with Crippen molar-refractivity contribution in [2.45, 2.75) is 6.43 Å². The maximum Gasteiger partial charge on any atom is 0.264 e. The van der Waals surface area contributed by atoms with Gasteiger partial charge in [0.1, 0.15) is 5.82 Å². The number of hydrogen-bond acceptors (Lipinski definition) is 4. The van der Waals surface area contributed by atoms with Gasteiger partial charge in [0.25, 0.3) is 6.43 Å². The Bertz CT molecular complexity index is 612. The van der Waals surface area contributed by atoms with Crippen LogP contribution >= 0.6 is 0 Å². The van der Waals surface area contributed by atoms with E-state index in [9.17, 15) is 8.78 Å². The molecule has 2 aromatic rings. The molecule has 0 saturated carbocycles. The Morgan fingerprint density at radius 3 is 2.62 bits per heavy atom. The van der Waals surface area contributed by atoms with Gasteiger partial charge in [-0.15, -0.1) is 0 Å². The van der Waals surface area contributed by atoms with E-state index in [4.69, 9.17) is 0 Å². The van der Waals surface area contributed by atoms with Gasteiger partial charge in [-0.1, -0.05) is 24.3 Å². The average Bonchev–Trinajstić information content (AvgIpc) is 2.56. The zero-order chi connectivity index (χ0) is 14.7. The Hall–Kier alpha value is -2.08. The summed E-state index contributed by atoms with van der Waals surface area (Å²) >= 11 is 0. The third-order valence-electron chi connectivity index (χ3n) is 3.53. The largest absolute Gasteiger partial charge is 0.353 e. The Labute approximate surface area is 121 Å². The van der Waals surface area contributed by atoms with Crippen LogP contribution in [-0.2, 0) is 0 Å². The summed E-state index contributed by atoms with van der Waals surface area (Å²) in [4.78, 5) is 10.8. The fourth-order valence-corrected chi connectivity index (χ4v) is 2.45. The lowest BCUT2D eigenvalue weighted by Gasteiger charge is -2.28. The first-order chi connectivity index (χ1) is 10.3. The Morgan fingerprint density at radius 2 is 1.86 bits per heavy atom. The van der Waals surface area contributed by atoms with Crippen LogP contribution in [0.2, 0.25) is 0 Å². The zero-order valence-corrected chi connectivity index (χ0v) is 11.5. The predicted octanol–water partition coefficient (Wildman–Crippen LogP) is 2.49. The molecular formula is C15H16F2N4. The topological polar surface area (TPSA) is 41.1 Å². The monoisotopic (exact) mass is 290 g/mol. The van der Waals surface area contributed by atoms with Crippen LogP contribution in [0.15, 0.2) is 36.7 Å². The molecule has 21 heavy (non-hydrogen) atoms.